The normalized spacial score (nSPS) is 11.7. The van der Waals surface area contributed by atoms with Crippen molar-refractivity contribution in [3.63, 3.8) is 0 Å². The Morgan fingerprint density at radius 3 is 2.30 bits per heavy atom. The molecule has 0 aliphatic heterocycles. The molecule has 0 aliphatic rings. The van der Waals surface area contributed by atoms with Crippen molar-refractivity contribution < 1.29 is 23.5 Å². The van der Waals surface area contributed by atoms with Gasteiger partial charge in [-0.15, -0.1) is 0 Å². The molecule has 0 saturated heterocycles. The Hall–Kier alpha value is -3.99. The van der Waals surface area contributed by atoms with E-state index < -0.39 is 29.6 Å². The molecular formula is C26H30FN5O4S. The van der Waals surface area contributed by atoms with E-state index in [4.69, 9.17) is 16.2 Å². The zero-order chi connectivity index (χ0) is 27.1. The molecule has 196 valence electrons. The predicted octanol–water partition coefficient (Wildman–Crippen LogP) is 3.52. The summed E-state index contributed by atoms with van der Waals surface area (Å²) in [4.78, 5) is 40.4. The van der Waals surface area contributed by atoms with Gasteiger partial charge in [0, 0.05) is 13.1 Å². The number of methoxy groups -OCH3 is 1. The van der Waals surface area contributed by atoms with Crippen LogP contribution in [0.3, 0.4) is 0 Å². The third-order valence-corrected chi connectivity index (χ3v) is 6.55. The Labute approximate surface area is 218 Å². The van der Waals surface area contributed by atoms with Gasteiger partial charge in [-0.05, 0) is 59.3 Å². The van der Waals surface area contributed by atoms with Crippen LogP contribution >= 0.6 is 11.5 Å². The Morgan fingerprint density at radius 2 is 1.76 bits per heavy atom. The molecule has 5 N–H and O–H groups in total. The van der Waals surface area contributed by atoms with E-state index in [2.05, 4.69) is 9.69 Å². The van der Waals surface area contributed by atoms with Gasteiger partial charge in [0.1, 0.15) is 22.5 Å². The molecule has 11 heteroatoms. The second kappa shape index (κ2) is 12.3. The molecule has 1 heterocycles. The summed E-state index contributed by atoms with van der Waals surface area (Å²) in [5.74, 6) is -1.42. The van der Waals surface area contributed by atoms with Crippen LogP contribution in [0.5, 0.6) is 5.75 Å². The molecule has 0 saturated carbocycles. The second-order valence-corrected chi connectivity index (χ2v) is 9.62. The van der Waals surface area contributed by atoms with Crippen molar-refractivity contribution in [1.82, 2.24) is 14.6 Å². The predicted molar refractivity (Wildman–Crippen MR) is 140 cm³/mol. The molecule has 0 fully saturated rings. The number of nitrogens with zero attached hydrogens (tertiary/aromatic N) is 2. The maximum absolute atomic E-state index is 13.9. The van der Waals surface area contributed by atoms with E-state index in [0.29, 0.717) is 29.3 Å². The molecule has 3 amide bonds. The number of benzene rings is 2. The lowest BCUT2D eigenvalue weighted by Gasteiger charge is -2.31. The SMILES string of the molecule is COc1ccc(CN(C(=O)c2snc(C(N)=O)c2N)[C@H](C(=O)NCCC(C)C)c2ccc(F)cc2)cc1. The van der Waals surface area contributed by atoms with E-state index in [1.807, 2.05) is 13.8 Å². The van der Waals surface area contributed by atoms with Gasteiger partial charge in [0.15, 0.2) is 5.69 Å². The monoisotopic (exact) mass is 527 g/mol. The summed E-state index contributed by atoms with van der Waals surface area (Å²) in [5.41, 5.74) is 12.1. The molecule has 3 aromatic rings. The summed E-state index contributed by atoms with van der Waals surface area (Å²) in [7, 11) is 1.54. The molecule has 3 rings (SSSR count). The molecule has 1 atom stereocenters. The molecule has 0 spiro atoms. The first kappa shape index (κ1) is 27.6. The van der Waals surface area contributed by atoms with Crippen LogP contribution in [0.4, 0.5) is 10.1 Å². The number of amides is 3. The van der Waals surface area contributed by atoms with Gasteiger partial charge in [-0.25, -0.2) is 4.39 Å². The highest BCUT2D eigenvalue weighted by Gasteiger charge is 2.35. The number of primary amides is 1. The topological polar surface area (TPSA) is 141 Å². The first-order chi connectivity index (χ1) is 17.6. The number of anilines is 1. The van der Waals surface area contributed by atoms with Gasteiger partial charge in [-0.3, -0.25) is 14.4 Å². The van der Waals surface area contributed by atoms with Crippen molar-refractivity contribution in [2.45, 2.75) is 32.9 Å². The fourth-order valence-corrected chi connectivity index (χ4v) is 4.43. The van der Waals surface area contributed by atoms with Crippen LogP contribution in [0.1, 0.15) is 57.6 Å². The number of carbonyl (C=O) groups excluding carboxylic acids is 3. The zero-order valence-corrected chi connectivity index (χ0v) is 21.7. The van der Waals surface area contributed by atoms with E-state index in [0.717, 1.165) is 18.0 Å². The number of hydrogen-bond acceptors (Lipinski definition) is 7. The van der Waals surface area contributed by atoms with Crippen LogP contribution in [0.15, 0.2) is 48.5 Å². The maximum Gasteiger partial charge on any atom is 0.270 e. The van der Waals surface area contributed by atoms with Crippen molar-refractivity contribution in [1.29, 1.82) is 0 Å². The van der Waals surface area contributed by atoms with Crippen LogP contribution in [0.2, 0.25) is 0 Å². The van der Waals surface area contributed by atoms with Crippen molar-refractivity contribution in [2.75, 3.05) is 19.4 Å². The minimum atomic E-state index is -1.12. The van der Waals surface area contributed by atoms with Gasteiger partial charge >= 0.3 is 0 Å². The maximum atomic E-state index is 13.9. The molecule has 0 bridgehead atoms. The molecule has 0 radical (unpaired) electrons. The lowest BCUT2D eigenvalue weighted by molar-refractivity contribution is -0.126. The van der Waals surface area contributed by atoms with Crippen molar-refractivity contribution >= 4 is 34.9 Å². The summed E-state index contributed by atoms with van der Waals surface area (Å²) in [6, 6.07) is 11.3. The van der Waals surface area contributed by atoms with Crippen LogP contribution in [0.25, 0.3) is 0 Å². The van der Waals surface area contributed by atoms with Gasteiger partial charge in [0.05, 0.1) is 12.8 Å². The average Bonchev–Trinajstić information content (AvgIpc) is 3.26. The summed E-state index contributed by atoms with van der Waals surface area (Å²) < 4.78 is 22.9. The first-order valence-electron chi connectivity index (χ1n) is 11.6. The van der Waals surface area contributed by atoms with Crippen LogP contribution < -0.4 is 21.5 Å². The largest absolute Gasteiger partial charge is 0.497 e. The van der Waals surface area contributed by atoms with E-state index in [1.54, 1.807) is 31.4 Å². The van der Waals surface area contributed by atoms with Crippen LogP contribution in [-0.4, -0.2) is 40.6 Å². The number of hydrogen-bond donors (Lipinski definition) is 3. The Kier molecular flexibility index (Phi) is 9.18. The number of aromatic nitrogens is 1. The summed E-state index contributed by atoms with van der Waals surface area (Å²) >= 11 is 0.727. The fraction of sp³-hybridized carbons (Fsp3) is 0.308. The lowest BCUT2D eigenvalue weighted by Crippen LogP contribution is -2.43. The van der Waals surface area contributed by atoms with Gasteiger partial charge in [0.2, 0.25) is 5.91 Å². The van der Waals surface area contributed by atoms with Gasteiger partial charge in [0.25, 0.3) is 11.8 Å². The van der Waals surface area contributed by atoms with Crippen molar-refractivity contribution in [3.05, 3.63) is 76.0 Å². The highest BCUT2D eigenvalue weighted by molar-refractivity contribution is 7.09. The molecular weight excluding hydrogens is 497 g/mol. The summed E-state index contributed by atoms with van der Waals surface area (Å²) in [6.45, 7) is 4.47. The third kappa shape index (κ3) is 6.82. The number of nitrogens with two attached hydrogens (primary N) is 2. The highest BCUT2D eigenvalue weighted by atomic mass is 32.1. The Bertz CT molecular complexity index is 1240. The van der Waals surface area contributed by atoms with Gasteiger partial charge < -0.3 is 26.4 Å². The number of nitrogens with one attached hydrogen (secondary N) is 1. The minimum absolute atomic E-state index is 0.00567. The van der Waals surface area contributed by atoms with E-state index in [1.165, 1.54) is 29.2 Å². The number of rotatable bonds is 11. The number of ether oxygens (including phenoxy) is 1. The molecule has 0 unspecified atom stereocenters. The zero-order valence-electron chi connectivity index (χ0n) is 20.9. The minimum Gasteiger partial charge on any atom is -0.497 e. The first-order valence-corrected chi connectivity index (χ1v) is 12.4. The van der Waals surface area contributed by atoms with Crippen molar-refractivity contribution in [3.8, 4) is 5.75 Å². The van der Waals surface area contributed by atoms with E-state index >= 15 is 0 Å². The highest BCUT2D eigenvalue weighted by Crippen LogP contribution is 2.30. The number of carbonyl (C=O) groups is 3. The standard InChI is InChI=1S/C26H30FN5O4S/c1-15(2)12-13-30-25(34)22(17-6-8-18(27)9-7-17)32(14-16-4-10-19(36-3)11-5-16)26(35)23-20(28)21(24(29)33)31-37-23/h4-11,15,22H,12-14,28H2,1-3H3,(H2,29,33)(H,30,34)/t22-/m0/s1. The molecule has 2 aromatic carbocycles. The summed E-state index contributed by atoms with van der Waals surface area (Å²) in [6.07, 6.45) is 0.734. The van der Waals surface area contributed by atoms with Crippen LogP contribution in [0, 0.1) is 11.7 Å². The van der Waals surface area contributed by atoms with E-state index in [-0.39, 0.29) is 22.8 Å². The summed E-state index contributed by atoms with van der Waals surface area (Å²) in [5, 5.41) is 2.89. The second-order valence-electron chi connectivity index (χ2n) is 8.85. The fourth-order valence-electron chi connectivity index (χ4n) is 3.67. The Balaban J connectivity index is 2.08. The smallest absolute Gasteiger partial charge is 0.270 e. The molecule has 37 heavy (non-hydrogen) atoms. The average molecular weight is 528 g/mol. The molecule has 9 nitrogen and oxygen atoms in total. The van der Waals surface area contributed by atoms with Gasteiger partial charge in [-0.2, -0.15) is 4.37 Å². The molecule has 1 aromatic heterocycles. The van der Waals surface area contributed by atoms with E-state index in [9.17, 15) is 18.8 Å². The quantitative estimate of drug-likeness (QED) is 0.349. The van der Waals surface area contributed by atoms with Crippen LogP contribution in [-0.2, 0) is 11.3 Å². The van der Waals surface area contributed by atoms with Crippen molar-refractivity contribution in [2.24, 2.45) is 11.7 Å². The third-order valence-electron chi connectivity index (χ3n) is 5.70. The lowest BCUT2D eigenvalue weighted by atomic mass is 10.0. The number of halogens is 1. The number of nitrogen functional groups attached to an aromatic ring is 1. The van der Waals surface area contributed by atoms with Gasteiger partial charge in [-0.1, -0.05) is 38.1 Å². The Morgan fingerprint density at radius 1 is 1.11 bits per heavy atom. The molecule has 0 aliphatic carbocycles.